The lowest BCUT2D eigenvalue weighted by Gasteiger charge is -2.07. The average Bonchev–Trinajstić information content (AvgIpc) is 2.33. The van der Waals surface area contributed by atoms with E-state index in [1.165, 1.54) is 0 Å². The third-order valence-electron chi connectivity index (χ3n) is 2.25. The van der Waals surface area contributed by atoms with Gasteiger partial charge in [0, 0.05) is 0 Å². The molecule has 0 aliphatic carbocycles. The Morgan fingerprint density at radius 1 is 1.00 bits per heavy atom. The van der Waals surface area contributed by atoms with E-state index in [1.807, 2.05) is 0 Å². The lowest BCUT2D eigenvalue weighted by atomic mass is 10.2. The topological polar surface area (TPSA) is 49.7 Å². The van der Waals surface area contributed by atoms with Crippen LogP contribution in [0.1, 0.15) is 5.56 Å². The minimum Gasteiger partial charge on any atom is -0.508 e. The average molecular weight is 295 g/mol. The first kappa shape index (κ1) is 11.8. The second-order valence-corrected chi connectivity index (χ2v) is 4.42. The van der Waals surface area contributed by atoms with Crippen molar-refractivity contribution >= 4 is 15.9 Å². The van der Waals surface area contributed by atoms with Gasteiger partial charge in [-0.15, -0.1) is 0 Å². The summed E-state index contributed by atoms with van der Waals surface area (Å²) in [4.78, 5) is 0. The number of halogens is 1. The highest BCUT2D eigenvalue weighted by molar-refractivity contribution is 9.10. The molecule has 0 unspecified atom stereocenters. The van der Waals surface area contributed by atoms with E-state index in [0.717, 1.165) is 5.56 Å². The van der Waals surface area contributed by atoms with E-state index in [2.05, 4.69) is 15.9 Å². The van der Waals surface area contributed by atoms with Gasteiger partial charge in [0.1, 0.15) is 23.9 Å². The van der Waals surface area contributed by atoms with Gasteiger partial charge in [-0.2, -0.15) is 0 Å². The molecule has 0 aliphatic heterocycles. The first-order valence-electron chi connectivity index (χ1n) is 5.04. The summed E-state index contributed by atoms with van der Waals surface area (Å²) in [6.45, 7) is 0.406. The Bertz CT molecular complexity index is 509. The summed E-state index contributed by atoms with van der Waals surface area (Å²) in [5, 5.41) is 18.5. The van der Waals surface area contributed by atoms with Crippen molar-refractivity contribution < 1.29 is 14.9 Å². The molecule has 0 heterocycles. The molecule has 3 nitrogen and oxygen atoms in total. The number of hydrogen-bond donors (Lipinski definition) is 2. The van der Waals surface area contributed by atoms with Gasteiger partial charge in [0.25, 0.3) is 0 Å². The second-order valence-electron chi connectivity index (χ2n) is 3.57. The molecule has 0 amide bonds. The minimum atomic E-state index is 0.207. The maximum atomic E-state index is 9.34. The summed E-state index contributed by atoms with van der Waals surface area (Å²) in [6.07, 6.45) is 0. The van der Waals surface area contributed by atoms with Gasteiger partial charge in [0.05, 0.1) is 4.47 Å². The van der Waals surface area contributed by atoms with Gasteiger partial charge < -0.3 is 14.9 Å². The van der Waals surface area contributed by atoms with Crippen molar-refractivity contribution in [3.63, 3.8) is 0 Å². The number of phenols is 2. The maximum Gasteiger partial charge on any atom is 0.129 e. The normalized spacial score (nSPS) is 10.2. The van der Waals surface area contributed by atoms with Crippen molar-refractivity contribution in [2.24, 2.45) is 0 Å². The van der Waals surface area contributed by atoms with E-state index in [9.17, 15) is 5.11 Å². The Kier molecular flexibility index (Phi) is 3.54. The molecular formula is C13H11BrO3. The third kappa shape index (κ3) is 3.14. The van der Waals surface area contributed by atoms with Gasteiger partial charge >= 0.3 is 0 Å². The Morgan fingerprint density at radius 2 is 1.71 bits per heavy atom. The van der Waals surface area contributed by atoms with Crippen molar-refractivity contribution in [3.8, 4) is 17.2 Å². The lowest BCUT2D eigenvalue weighted by molar-refractivity contribution is 0.305. The molecular weight excluding hydrogens is 284 g/mol. The van der Waals surface area contributed by atoms with Gasteiger partial charge in [-0.1, -0.05) is 6.07 Å². The molecule has 0 atom stereocenters. The van der Waals surface area contributed by atoms with Crippen molar-refractivity contribution in [2.45, 2.75) is 6.61 Å². The van der Waals surface area contributed by atoms with Crippen LogP contribution in [0.25, 0.3) is 0 Å². The summed E-state index contributed by atoms with van der Waals surface area (Å²) >= 11 is 3.24. The second kappa shape index (κ2) is 5.10. The van der Waals surface area contributed by atoms with Gasteiger partial charge in [-0.05, 0) is 57.9 Å². The molecule has 4 heteroatoms. The van der Waals surface area contributed by atoms with E-state index in [4.69, 9.17) is 9.84 Å². The van der Waals surface area contributed by atoms with Crippen LogP contribution in [-0.2, 0) is 6.61 Å². The molecule has 0 radical (unpaired) electrons. The SMILES string of the molecule is Oc1ccc(OCc2ccc(O)c(Br)c2)cc1. The Labute approximate surface area is 107 Å². The smallest absolute Gasteiger partial charge is 0.129 e. The number of aromatic hydroxyl groups is 2. The first-order chi connectivity index (χ1) is 8.15. The molecule has 2 rings (SSSR count). The predicted molar refractivity (Wildman–Crippen MR) is 68.2 cm³/mol. The molecule has 2 aromatic rings. The van der Waals surface area contributed by atoms with Crippen LogP contribution in [0, 0.1) is 0 Å². The molecule has 0 saturated heterocycles. The van der Waals surface area contributed by atoms with Crippen LogP contribution in [0.3, 0.4) is 0 Å². The standard InChI is InChI=1S/C13H11BrO3/c14-12-7-9(1-6-13(12)16)8-17-11-4-2-10(15)3-5-11/h1-7,15-16H,8H2. The highest BCUT2D eigenvalue weighted by Gasteiger charge is 2.00. The Balaban J connectivity index is 2.02. The summed E-state index contributed by atoms with van der Waals surface area (Å²) < 4.78 is 6.17. The molecule has 2 N–H and O–H groups in total. The van der Waals surface area contributed by atoms with Crippen LogP contribution in [-0.4, -0.2) is 10.2 Å². The highest BCUT2D eigenvalue weighted by Crippen LogP contribution is 2.25. The molecule has 2 aromatic carbocycles. The number of phenolic OH excluding ortho intramolecular Hbond substituents is 2. The molecule has 0 saturated carbocycles. The molecule has 88 valence electrons. The van der Waals surface area contributed by atoms with E-state index < -0.39 is 0 Å². The summed E-state index contributed by atoms with van der Waals surface area (Å²) in [7, 11) is 0. The third-order valence-corrected chi connectivity index (χ3v) is 2.89. The first-order valence-corrected chi connectivity index (χ1v) is 5.83. The molecule has 0 spiro atoms. The van der Waals surface area contributed by atoms with Crippen LogP contribution in [0.15, 0.2) is 46.9 Å². The largest absolute Gasteiger partial charge is 0.508 e. The quantitative estimate of drug-likeness (QED) is 0.912. The van der Waals surface area contributed by atoms with Crippen LogP contribution in [0.5, 0.6) is 17.2 Å². The summed E-state index contributed by atoms with van der Waals surface area (Å²) in [6, 6.07) is 11.7. The maximum absolute atomic E-state index is 9.34. The summed E-state index contributed by atoms with van der Waals surface area (Å²) in [5.41, 5.74) is 0.947. The predicted octanol–water partition coefficient (Wildman–Crippen LogP) is 3.44. The van der Waals surface area contributed by atoms with Crippen molar-refractivity contribution in [1.82, 2.24) is 0 Å². The van der Waals surface area contributed by atoms with E-state index >= 15 is 0 Å². The monoisotopic (exact) mass is 294 g/mol. The van der Waals surface area contributed by atoms with Crippen LogP contribution in [0.4, 0.5) is 0 Å². The van der Waals surface area contributed by atoms with E-state index in [-0.39, 0.29) is 11.5 Å². The highest BCUT2D eigenvalue weighted by atomic mass is 79.9. The fourth-order valence-corrected chi connectivity index (χ4v) is 1.78. The Hall–Kier alpha value is -1.68. The number of benzene rings is 2. The molecule has 0 aromatic heterocycles. The number of rotatable bonds is 3. The van der Waals surface area contributed by atoms with Gasteiger partial charge in [-0.3, -0.25) is 0 Å². The van der Waals surface area contributed by atoms with Crippen molar-refractivity contribution in [2.75, 3.05) is 0 Å². The van der Waals surface area contributed by atoms with Gasteiger partial charge in [0.15, 0.2) is 0 Å². The van der Waals surface area contributed by atoms with Crippen molar-refractivity contribution in [1.29, 1.82) is 0 Å². The number of ether oxygens (including phenoxy) is 1. The van der Waals surface area contributed by atoms with E-state index in [0.29, 0.717) is 16.8 Å². The Morgan fingerprint density at radius 3 is 2.35 bits per heavy atom. The van der Waals surface area contributed by atoms with Crippen LogP contribution in [0.2, 0.25) is 0 Å². The fraction of sp³-hybridized carbons (Fsp3) is 0.0769. The fourth-order valence-electron chi connectivity index (χ4n) is 1.35. The molecule has 0 fully saturated rings. The molecule has 0 aliphatic rings. The minimum absolute atomic E-state index is 0.207. The van der Waals surface area contributed by atoms with Crippen molar-refractivity contribution in [3.05, 3.63) is 52.5 Å². The van der Waals surface area contributed by atoms with Crippen LogP contribution >= 0.6 is 15.9 Å². The summed E-state index contributed by atoms with van der Waals surface area (Å²) in [5.74, 6) is 1.11. The zero-order valence-electron chi connectivity index (χ0n) is 8.93. The van der Waals surface area contributed by atoms with Crippen LogP contribution < -0.4 is 4.74 Å². The van der Waals surface area contributed by atoms with Gasteiger partial charge in [-0.25, -0.2) is 0 Å². The molecule has 0 bridgehead atoms. The molecule has 17 heavy (non-hydrogen) atoms. The van der Waals surface area contributed by atoms with E-state index in [1.54, 1.807) is 42.5 Å². The zero-order chi connectivity index (χ0) is 12.3. The zero-order valence-corrected chi connectivity index (χ0v) is 10.5. The lowest BCUT2D eigenvalue weighted by Crippen LogP contribution is -1.94. The van der Waals surface area contributed by atoms with Gasteiger partial charge in [0.2, 0.25) is 0 Å². The number of hydrogen-bond acceptors (Lipinski definition) is 3.